The lowest BCUT2D eigenvalue weighted by molar-refractivity contribution is -0.137. The summed E-state index contributed by atoms with van der Waals surface area (Å²) in [5, 5.41) is 10.3. The minimum Gasteiger partial charge on any atom is -0.392 e. The fourth-order valence-electron chi connectivity index (χ4n) is 2.29. The van der Waals surface area contributed by atoms with Gasteiger partial charge in [0, 0.05) is 16.5 Å². The van der Waals surface area contributed by atoms with E-state index >= 15 is 0 Å². The summed E-state index contributed by atoms with van der Waals surface area (Å²) in [6.45, 7) is -0.238. The first-order chi connectivity index (χ1) is 10.5. The minimum absolute atomic E-state index is 0.238. The maximum absolute atomic E-state index is 12.6. The third-order valence-electron chi connectivity index (χ3n) is 3.40. The molecule has 0 fully saturated rings. The fraction of sp³-hybridized carbons (Fsp3) is 0.118. The number of hydrogen-bond donors (Lipinski definition) is 1. The molecule has 0 saturated heterocycles. The molecule has 0 aliphatic carbocycles. The van der Waals surface area contributed by atoms with Gasteiger partial charge in [0.2, 0.25) is 0 Å². The molecular weight excluding hydrogens is 291 g/mol. The van der Waals surface area contributed by atoms with Gasteiger partial charge in [-0.15, -0.1) is 0 Å². The molecule has 5 heteroatoms. The Morgan fingerprint density at radius 3 is 2.45 bits per heavy atom. The summed E-state index contributed by atoms with van der Waals surface area (Å²) >= 11 is 0. The van der Waals surface area contributed by atoms with E-state index in [1.54, 1.807) is 18.2 Å². The molecule has 0 spiro atoms. The molecule has 0 aliphatic rings. The molecule has 1 N–H and O–H groups in total. The van der Waals surface area contributed by atoms with Crippen LogP contribution in [0.5, 0.6) is 0 Å². The van der Waals surface area contributed by atoms with Gasteiger partial charge in [-0.2, -0.15) is 13.2 Å². The van der Waals surface area contributed by atoms with Crippen molar-refractivity contribution in [2.45, 2.75) is 12.8 Å². The van der Waals surface area contributed by atoms with Crippen molar-refractivity contribution in [2.75, 3.05) is 0 Å². The third-order valence-corrected chi connectivity index (χ3v) is 3.40. The van der Waals surface area contributed by atoms with E-state index in [-0.39, 0.29) is 6.61 Å². The van der Waals surface area contributed by atoms with Gasteiger partial charge in [0.05, 0.1) is 23.4 Å². The number of hydrogen-bond acceptors (Lipinski definition) is 2. The van der Waals surface area contributed by atoms with Gasteiger partial charge in [0.1, 0.15) is 0 Å². The SMILES string of the molecule is OCc1cc2cc[c]cc2nc1-c1ccc(C(F)(F)F)cc1. The minimum atomic E-state index is -4.37. The number of aliphatic hydroxyl groups excluding tert-OH is 1. The Balaban J connectivity index is 2.12. The lowest BCUT2D eigenvalue weighted by Crippen LogP contribution is -2.04. The molecular formula is C17H11F3NO. The molecule has 2 nitrogen and oxygen atoms in total. The van der Waals surface area contributed by atoms with Crippen LogP contribution in [0, 0.1) is 6.07 Å². The van der Waals surface area contributed by atoms with E-state index in [9.17, 15) is 18.3 Å². The molecule has 3 rings (SSSR count). The number of aromatic nitrogens is 1. The molecule has 3 aromatic rings. The highest BCUT2D eigenvalue weighted by Crippen LogP contribution is 2.32. The number of alkyl halides is 3. The maximum Gasteiger partial charge on any atom is 0.416 e. The van der Waals surface area contributed by atoms with E-state index in [1.165, 1.54) is 12.1 Å². The molecule has 1 heterocycles. The van der Waals surface area contributed by atoms with E-state index in [1.807, 2.05) is 6.07 Å². The van der Waals surface area contributed by atoms with Crippen molar-refractivity contribution < 1.29 is 18.3 Å². The van der Waals surface area contributed by atoms with E-state index < -0.39 is 11.7 Å². The molecule has 111 valence electrons. The second-order valence-electron chi connectivity index (χ2n) is 4.85. The highest BCUT2D eigenvalue weighted by Gasteiger charge is 2.30. The van der Waals surface area contributed by atoms with Gasteiger partial charge in [-0.1, -0.05) is 24.3 Å². The van der Waals surface area contributed by atoms with Crippen molar-refractivity contribution in [3.63, 3.8) is 0 Å². The van der Waals surface area contributed by atoms with Crippen LogP contribution >= 0.6 is 0 Å². The number of fused-ring (bicyclic) bond motifs is 1. The van der Waals surface area contributed by atoms with Crippen LogP contribution < -0.4 is 0 Å². The normalized spacial score (nSPS) is 11.8. The molecule has 2 aromatic carbocycles. The molecule has 0 unspecified atom stereocenters. The van der Waals surface area contributed by atoms with Gasteiger partial charge in [0.15, 0.2) is 0 Å². The molecule has 0 bridgehead atoms. The summed E-state index contributed by atoms with van der Waals surface area (Å²) in [6, 6.07) is 14.7. The number of aliphatic hydroxyl groups is 1. The molecule has 0 aliphatic heterocycles. The number of halogens is 3. The summed E-state index contributed by atoms with van der Waals surface area (Å²) in [5.41, 5.74) is 1.54. The van der Waals surface area contributed by atoms with Crippen molar-refractivity contribution >= 4 is 10.9 Å². The summed E-state index contributed by atoms with van der Waals surface area (Å²) in [6.07, 6.45) is -4.37. The summed E-state index contributed by atoms with van der Waals surface area (Å²) in [5.74, 6) is 0. The Bertz CT molecular complexity index is 810. The quantitative estimate of drug-likeness (QED) is 0.769. The number of pyridine rings is 1. The van der Waals surface area contributed by atoms with Crippen molar-refractivity contribution in [3.8, 4) is 11.3 Å². The highest BCUT2D eigenvalue weighted by atomic mass is 19.4. The van der Waals surface area contributed by atoms with Gasteiger partial charge < -0.3 is 5.11 Å². The Hall–Kier alpha value is -2.40. The van der Waals surface area contributed by atoms with E-state index in [0.717, 1.165) is 17.5 Å². The fourth-order valence-corrected chi connectivity index (χ4v) is 2.29. The maximum atomic E-state index is 12.6. The molecule has 0 saturated carbocycles. The van der Waals surface area contributed by atoms with Crippen molar-refractivity contribution in [1.82, 2.24) is 4.98 Å². The van der Waals surface area contributed by atoms with Gasteiger partial charge in [0.25, 0.3) is 0 Å². The molecule has 0 amide bonds. The monoisotopic (exact) mass is 302 g/mol. The Morgan fingerprint density at radius 1 is 1.09 bits per heavy atom. The largest absolute Gasteiger partial charge is 0.416 e. The van der Waals surface area contributed by atoms with Gasteiger partial charge >= 0.3 is 6.18 Å². The lowest BCUT2D eigenvalue weighted by Gasteiger charge is -2.11. The van der Waals surface area contributed by atoms with Crippen LogP contribution in [-0.2, 0) is 12.8 Å². The van der Waals surface area contributed by atoms with Gasteiger partial charge in [-0.3, -0.25) is 0 Å². The second kappa shape index (κ2) is 5.42. The Morgan fingerprint density at radius 2 is 1.82 bits per heavy atom. The topological polar surface area (TPSA) is 33.1 Å². The average molecular weight is 302 g/mol. The average Bonchev–Trinajstić information content (AvgIpc) is 2.53. The zero-order chi connectivity index (χ0) is 15.7. The van der Waals surface area contributed by atoms with E-state index in [0.29, 0.717) is 22.3 Å². The molecule has 1 radical (unpaired) electrons. The van der Waals surface area contributed by atoms with Crippen molar-refractivity contribution in [3.05, 3.63) is 65.7 Å². The first-order valence-corrected chi connectivity index (χ1v) is 6.57. The standard InChI is InChI=1S/C17H11F3NO/c18-17(19,20)14-7-5-11(6-8-14)16-13(10-22)9-12-3-1-2-4-15(12)21-16/h1,3-9,22H,10H2. The zero-order valence-electron chi connectivity index (χ0n) is 11.4. The van der Waals surface area contributed by atoms with E-state index in [4.69, 9.17) is 0 Å². The van der Waals surface area contributed by atoms with Gasteiger partial charge in [-0.25, -0.2) is 4.98 Å². The summed E-state index contributed by atoms with van der Waals surface area (Å²) in [7, 11) is 0. The smallest absolute Gasteiger partial charge is 0.392 e. The molecule has 22 heavy (non-hydrogen) atoms. The van der Waals surface area contributed by atoms with E-state index in [2.05, 4.69) is 11.1 Å². The van der Waals surface area contributed by atoms with Crippen LogP contribution in [0.2, 0.25) is 0 Å². The van der Waals surface area contributed by atoms with Crippen LogP contribution in [0.25, 0.3) is 22.2 Å². The third kappa shape index (κ3) is 2.67. The lowest BCUT2D eigenvalue weighted by atomic mass is 10.0. The van der Waals surface area contributed by atoms with Crippen LogP contribution in [0.4, 0.5) is 13.2 Å². The van der Waals surface area contributed by atoms with Gasteiger partial charge in [-0.05, 0) is 30.3 Å². The van der Waals surface area contributed by atoms with Crippen LogP contribution in [-0.4, -0.2) is 10.1 Å². The van der Waals surface area contributed by atoms with Crippen LogP contribution in [0.1, 0.15) is 11.1 Å². The zero-order valence-corrected chi connectivity index (χ0v) is 11.4. The van der Waals surface area contributed by atoms with Crippen molar-refractivity contribution in [2.24, 2.45) is 0 Å². The Kier molecular flexibility index (Phi) is 3.58. The van der Waals surface area contributed by atoms with Crippen LogP contribution in [0.15, 0.2) is 48.5 Å². The van der Waals surface area contributed by atoms with Crippen molar-refractivity contribution in [1.29, 1.82) is 0 Å². The second-order valence-corrected chi connectivity index (χ2v) is 4.85. The Labute approximate surface area is 124 Å². The predicted molar refractivity (Wildman–Crippen MR) is 76.9 cm³/mol. The first kappa shape index (κ1) is 14.5. The number of nitrogens with zero attached hydrogens (tertiary/aromatic N) is 1. The number of rotatable bonds is 2. The molecule has 0 atom stereocenters. The summed E-state index contributed by atoms with van der Waals surface area (Å²) in [4.78, 5) is 4.44. The number of benzene rings is 2. The highest BCUT2D eigenvalue weighted by molar-refractivity contribution is 5.83. The first-order valence-electron chi connectivity index (χ1n) is 6.57. The summed E-state index contributed by atoms with van der Waals surface area (Å²) < 4.78 is 37.8. The van der Waals surface area contributed by atoms with Crippen LogP contribution in [0.3, 0.4) is 0 Å². The molecule has 1 aromatic heterocycles. The predicted octanol–water partition coefficient (Wildman–Crippen LogP) is 4.21.